The van der Waals surface area contributed by atoms with Crippen molar-refractivity contribution < 1.29 is 13.2 Å². The second-order valence-corrected chi connectivity index (χ2v) is 5.69. The first-order chi connectivity index (χ1) is 10.0. The molecule has 2 aromatic carbocycles. The van der Waals surface area contributed by atoms with Crippen molar-refractivity contribution in [1.82, 2.24) is 0 Å². The van der Waals surface area contributed by atoms with Gasteiger partial charge in [0.1, 0.15) is 11.5 Å². The van der Waals surface area contributed by atoms with Crippen molar-refractivity contribution in [2.24, 2.45) is 5.92 Å². The van der Waals surface area contributed by atoms with E-state index >= 15 is 0 Å². The van der Waals surface area contributed by atoms with Gasteiger partial charge in [-0.3, -0.25) is 0 Å². The summed E-state index contributed by atoms with van der Waals surface area (Å²) in [6.07, 6.45) is 1.98. The predicted molar refractivity (Wildman–Crippen MR) is 76.9 cm³/mol. The average Bonchev–Trinajstić information content (AvgIpc) is 3.24. The number of hydrogen-bond acceptors (Lipinski definition) is 1. The summed E-state index contributed by atoms with van der Waals surface area (Å²) in [5.74, 6) is -2.46. The Balaban J connectivity index is 1.91. The van der Waals surface area contributed by atoms with Crippen LogP contribution in [0.15, 0.2) is 36.4 Å². The molecule has 0 heterocycles. The van der Waals surface area contributed by atoms with E-state index in [0.717, 1.165) is 18.4 Å². The first-order valence-corrected chi connectivity index (χ1v) is 7.09. The van der Waals surface area contributed by atoms with Gasteiger partial charge in [-0.05, 0) is 36.5 Å². The van der Waals surface area contributed by atoms with Gasteiger partial charge in [-0.25, -0.2) is 13.2 Å². The molecule has 1 N–H and O–H groups in total. The predicted octanol–water partition coefficient (Wildman–Crippen LogP) is 5.32. The monoisotopic (exact) mass is 311 g/mol. The number of rotatable bonds is 4. The molecule has 21 heavy (non-hydrogen) atoms. The highest BCUT2D eigenvalue weighted by molar-refractivity contribution is 6.30. The Morgan fingerprint density at radius 2 is 1.57 bits per heavy atom. The number of hydrogen-bond donors (Lipinski definition) is 1. The van der Waals surface area contributed by atoms with Crippen molar-refractivity contribution in [2.45, 2.75) is 18.9 Å². The van der Waals surface area contributed by atoms with Crippen molar-refractivity contribution in [2.75, 3.05) is 5.32 Å². The Hall–Kier alpha value is -1.68. The van der Waals surface area contributed by atoms with Crippen molar-refractivity contribution in [3.05, 3.63) is 64.4 Å². The molecular weight excluding hydrogens is 299 g/mol. The van der Waals surface area contributed by atoms with Gasteiger partial charge in [-0.2, -0.15) is 0 Å². The van der Waals surface area contributed by atoms with Gasteiger partial charge in [-0.15, -0.1) is 0 Å². The molecule has 3 rings (SSSR count). The summed E-state index contributed by atoms with van der Waals surface area (Å²) in [4.78, 5) is 0. The van der Waals surface area contributed by atoms with E-state index < -0.39 is 17.5 Å². The quantitative estimate of drug-likeness (QED) is 0.805. The van der Waals surface area contributed by atoms with Gasteiger partial charge in [0.15, 0.2) is 11.6 Å². The van der Waals surface area contributed by atoms with Crippen LogP contribution in [0, 0.1) is 23.4 Å². The Morgan fingerprint density at radius 3 is 2.10 bits per heavy atom. The molecule has 1 aliphatic rings. The fourth-order valence-corrected chi connectivity index (χ4v) is 2.53. The third-order valence-electron chi connectivity index (χ3n) is 3.63. The lowest BCUT2D eigenvalue weighted by Crippen LogP contribution is -2.15. The average molecular weight is 312 g/mol. The van der Waals surface area contributed by atoms with Crippen LogP contribution in [0.5, 0.6) is 0 Å². The maximum absolute atomic E-state index is 13.8. The number of anilines is 1. The standard InChI is InChI=1S/C16H13ClF3N/c17-11-5-3-10(4-6-11)15(9-1-2-9)21-16-13(19)7-12(18)8-14(16)20/h3-9,15,21H,1-2H2. The maximum atomic E-state index is 13.8. The van der Waals surface area contributed by atoms with Crippen LogP contribution in [0.4, 0.5) is 18.9 Å². The van der Waals surface area contributed by atoms with Crippen LogP contribution in [0.2, 0.25) is 5.02 Å². The summed E-state index contributed by atoms with van der Waals surface area (Å²) in [6, 6.07) is 8.29. The lowest BCUT2D eigenvalue weighted by Gasteiger charge is -2.21. The van der Waals surface area contributed by atoms with Gasteiger partial charge in [-0.1, -0.05) is 23.7 Å². The van der Waals surface area contributed by atoms with E-state index in [0.29, 0.717) is 23.1 Å². The molecule has 2 aromatic rings. The second kappa shape index (κ2) is 5.60. The highest BCUT2D eigenvalue weighted by Crippen LogP contribution is 2.43. The smallest absolute Gasteiger partial charge is 0.152 e. The molecule has 110 valence electrons. The van der Waals surface area contributed by atoms with Crippen molar-refractivity contribution >= 4 is 17.3 Å². The summed E-state index contributed by atoms with van der Waals surface area (Å²) in [5.41, 5.74) is 0.619. The third kappa shape index (κ3) is 3.16. The Labute approximate surface area is 125 Å². The van der Waals surface area contributed by atoms with E-state index in [1.165, 1.54) is 0 Å². The van der Waals surface area contributed by atoms with Gasteiger partial charge < -0.3 is 5.32 Å². The summed E-state index contributed by atoms with van der Waals surface area (Å²) >= 11 is 5.86. The zero-order valence-corrected chi connectivity index (χ0v) is 11.8. The lowest BCUT2D eigenvalue weighted by atomic mass is 10.0. The molecule has 0 radical (unpaired) electrons. The van der Waals surface area contributed by atoms with Crippen molar-refractivity contribution in [3.8, 4) is 0 Å². The van der Waals surface area contributed by atoms with Gasteiger partial charge in [0.2, 0.25) is 0 Å². The fraction of sp³-hybridized carbons (Fsp3) is 0.250. The van der Waals surface area contributed by atoms with E-state index in [1.807, 2.05) is 12.1 Å². The minimum atomic E-state index is -0.926. The summed E-state index contributed by atoms with van der Waals surface area (Å²) in [5, 5.41) is 3.48. The molecule has 0 aliphatic heterocycles. The summed E-state index contributed by atoms with van der Waals surface area (Å²) < 4.78 is 40.5. The van der Waals surface area contributed by atoms with Crippen molar-refractivity contribution in [1.29, 1.82) is 0 Å². The number of halogens is 4. The Bertz CT molecular complexity index is 630. The molecule has 1 atom stereocenters. The second-order valence-electron chi connectivity index (χ2n) is 5.26. The molecule has 5 heteroatoms. The van der Waals surface area contributed by atoms with Crippen LogP contribution >= 0.6 is 11.6 Å². The van der Waals surface area contributed by atoms with Gasteiger partial charge >= 0.3 is 0 Å². The topological polar surface area (TPSA) is 12.0 Å². The van der Waals surface area contributed by atoms with Crippen molar-refractivity contribution in [3.63, 3.8) is 0 Å². The molecule has 1 fully saturated rings. The number of benzene rings is 2. The highest BCUT2D eigenvalue weighted by atomic mass is 35.5. The molecule has 0 spiro atoms. The Morgan fingerprint density at radius 1 is 1.00 bits per heavy atom. The third-order valence-corrected chi connectivity index (χ3v) is 3.88. The molecule has 1 saturated carbocycles. The largest absolute Gasteiger partial charge is 0.373 e. The molecule has 0 aromatic heterocycles. The molecule has 1 unspecified atom stereocenters. The van der Waals surface area contributed by atoms with Gasteiger partial charge in [0.05, 0.1) is 6.04 Å². The highest BCUT2D eigenvalue weighted by Gasteiger charge is 2.33. The Kier molecular flexibility index (Phi) is 3.81. The van der Waals surface area contributed by atoms with Crippen LogP contribution in [0.3, 0.4) is 0 Å². The van der Waals surface area contributed by atoms with Crippen LogP contribution in [-0.4, -0.2) is 0 Å². The zero-order chi connectivity index (χ0) is 15.0. The van der Waals surface area contributed by atoms with E-state index in [2.05, 4.69) is 5.32 Å². The van der Waals surface area contributed by atoms with E-state index in [1.54, 1.807) is 12.1 Å². The number of nitrogens with one attached hydrogen (secondary N) is 1. The maximum Gasteiger partial charge on any atom is 0.152 e. The first kappa shape index (κ1) is 14.3. The fourth-order valence-electron chi connectivity index (χ4n) is 2.41. The van der Waals surface area contributed by atoms with Crippen LogP contribution in [-0.2, 0) is 0 Å². The first-order valence-electron chi connectivity index (χ1n) is 6.71. The molecular formula is C16H13ClF3N. The van der Waals surface area contributed by atoms with Gasteiger partial charge in [0.25, 0.3) is 0 Å². The molecule has 0 amide bonds. The van der Waals surface area contributed by atoms with Crippen LogP contribution in [0.1, 0.15) is 24.4 Å². The van der Waals surface area contributed by atoms with Gasteiger partial charge in [0, 0.05) is 17.2 Å². The zero-order valence-electron chi connectivity index (χ0n) is 11.0. The summed E-state index contributed by atoms with van der Waals surface area (Å²) in [6.45, 7) is 0. The van der Waals surface area contributed by atoms with Crippen LogP contribution < -0.4 is 5.32 Å². The summed E-state index contributed by atoms with van der Waals surface area (Å²) in [7, 11) is 0. The minimum Gasteiger partial charge on any atom is -0.373 e. The van der Waals surface area contributed by atoms with E-state index in [-0.39, 0.29) is 11.7 Å². The lowest BCUT2D eigenvalue weighted by molar-refractivity contribution is 0.541. The van der Waals surface area contributed by atoms with E-state index in [4.69, 9.17) is 11.6 Å². The normalized spacial score (nSPS) is 15.8. The molecule has 0 bridgehead atoms. The molecule has 1 aliphatic carbocycles. The minimum absolute atomic E-state index is 0.211. The molecule has 1 nitrogen and oxygen atoms in total. The van der Waals surface area contributed by atoms with E-state index in [9.17, 15) is 13.2 Å². The van der Waals surface area contributed by atoms with Crippen LogP contribution in [0.25, 0.3) is 0 Å². The SMILES string of the molecule is Fc1cc(F)c(NC(c2ccc(Cl)cc2)C2CC2)c(F)c1. The molecule has 0 saturated heterocycles.